The second kappa shape index (κ2) is 9.97. The number of benzene rings is 1. The second-order valence-electron chi connectivity index (χ2n) is 8.10. The number of amides is 1. The number of hydrogen-bond acceptors (Lipinski definition) is 5. The normalized spacial score (nSPS) is 16.7. The minimum Gasteiger partial charge on any atom is -0.328 e. The van der Waals surface area contributed by atoms with Gasteiger partial charge in [-0.15, -0.1) is 29.9 Å². The second-order valence-corrected chi connectivity index (χ2v) is 8.10. The van der Waals surface area contributed by atoms with Crippen molar-refractivity contribution < 1.29 is 4.79 Å². The molecule has 0 saturated carbocycles. The van der Waals surface area contributed by atoms with E-state index in [1.54, 1.807) is 0 Å². The van der Waals surface area contributed by atoms with Crippen molar-refractivity contribution >= 4 is 47.4 Å². The van der Waals surface area contributed by atoms with Crippen molar-refractivity contribution in [2.75, 3.05) is 18.4 Å². The molecule has 8 nitrogen and oxygen atoms in total. The fraction of sp³-hybridized carbons (Fsp3) is 0.524. The van der Waals surface area contributed by atoms with Crippen LogP contribution in [-0.4, -0.2) is 43.5 Å². The van der Waals surface area contributed by atoms with E-state index in [0.29, 0.717) is 11.7 Å². The van der Waals surface area contributed by atoms with E-state index in [-0.39, 0.29) is 30.7 Å². The fourth-order valence-corrected chi connectivity index (χ4v) is 4.57. The molecule has 0 atom stereocenters. The highest BCUT2D eigenvalue weighted by Crippen LogP contribution is 2.25. The molecule has 0 radical (unpaired) electrons. The van der Waals surface area contributed by atoms with E-state index in [0.717, 1.165) is 67.1 Å². The number of nitrogens with one attached hydrogen (secondary N) is 2. The van der Waals surface area contributed by atoms with E-state index in [4.69, 9.17) is 4.98 Å². The van der Waals surface area contributed by atoms with Crippen molar-refractivity contribution in [2.24, 2.45) is 0 Å². The topological polar surface area (TPSA) is 89.7 Å². The highest BCUT2D eigenvalue weighted by molar-refractivity contribution is 6.04. The van der Waals surface area contributed by atoms with Gasteiger partial charge in [-0.05, 0) is 63.9 Å². The summed E-state index contributed by atoms with van der Waals surface area (Å²) in [6, 6.07) is 6.28. The van der Waals surface area contributed by atoms with E-state index in [1.165, 1.54) is 19.3 Å². The summed E-state index contributed by atoms with van der Waals surface area (Å²) in [5.41, 5.74) is 4.04. The first-order valence-electron chi connectivity index (χ1n) is 10.6. The number of aromatic nitrogens is 5. The molecule has 0 bridgehead atoms. The highest BCUT2D eigenvalue weighted by atomic mass is 35.5. The number of carbonyl (C=O) groups is 1. The van der Waals surface area contributed by atoms with Crippen molar-refractivity contribution in [1.29, 1.82) is 0 Å². The molecule has 2 aliphatic rings. The van der Waals surface area contributed by atoms with Gasteiger partial charge in [0.2, 0.25) is 0 Å². The molecule has 2 aromatic heterocycles. The Bertz CT molecular complexity index is 1060. The molecule has 168 valence electrons. The summed E-state index contributed by atoms with van der Waals surface area (Å²) in [4.78, 5) is 17.7. The zero-order valence-corrected chi connectivity index (χ0v) is 19.3. The van der Waals surface area contributed by atoms with Gasteiger partial charge in [-0.3, -0.25) is 4.79 Å². The molecule has 1 saturated heterocycles. The minimum atomic E-state index is -0.220. The standard InChI is InChI=1S/C21H27N7O.2ClH/c1-14-20(25-26-28(14)16-8-10-22-11-9-16)21(29)23-15-6-7-18-17(13-15)24-19-5-3-2-4-12-27(18)19;;/h6-7,13,16,22H,2-5,8-12H2,1H3,(H,23,29);2*1H. The van der Waals surface area contributed by atoms with Gasteiger partial charge in [-0.1, -0.05) is 11.6 Å². The summed E-state index contributed by atoms with van der Waals surface area (Å²) >= 11 is 0. The molecule has 3 aromatic rings. The number of nitrogens with zero attached hydrogens (tertiary/aromatic N) is 5. The lowest BCUT2D eigenvalue weighted by molar-refractivity contribution is 0.102. The third-order valence-electron chi connectivity index (χ3n) is 6.16. The van der Waals surface area contributed by atoms with Crippen LogP contribution in [0.1, 0.15) is 60.2 Å². The number of hydrogen-bond donors (Lipinski definition) is 2. The van der Waals surface area contributed by atoms with Crippen molar-refractivity contribution in [1.82, 2.24) is 29.9 Å². The Hall–Kier alpha value is -2.16. The average molecular weight is 466 g/mol. The third kappa shape index (κ3) is 4.56. The molecule has 2 aliphatic heterocycles. The van der Waals surface area contributed by atoms with Crippen LogP contribution in [0.25, 0.3) is 11.0 Å². The fourth-order valence-electron chi connectivity index (χ4n) is 4.57. The maximum absolute atomic E-state index is 12.8. The van der Waals surface area contributed by atoms with Crippen molar-refractivity contribution in [2.45, 2.75) is 58.0 Å². The number of halogens is 2. The third-order valence-corrected chi connectivity index (χ3v) is 6.16. The molecule has 31 heavy (non-hydrogen) atoms. The number of rotatable bonds is 3. The van der Waals surface area contributed by atoms with Gasteiger partial charge in [0.05, 0.1) is 22.8 Å². The molecule has 4 heterocycles. The maximum atomic E-state index is 12.8. The molecule has 10 heteroatoms. The van der Waals surface area contributed by atoms with Crippen LogP contribution in [0.3, 0.4) is 0 Å². The minimum absolute atomic E-state index is 0. The molecule has 0 spiro atoms. The predicted molar refractivity (Wildman–Crippen MR) is 126 cm³/mol. The Kier molecular flexibility index (Phi) is 7.56. The molecule has 1 fully saturated rings. The number of piperidine rings is 1. The van der Waals surface area contributed by atoms with E-state index < -0.39 is 0 Å². The quantitative estimate of drug-likeness (QED) is 0.615. The van der Waals surface area contributed by atoms with Gasteiger partial charge in [0.1, 0.15) is 5.82 Å². The van der Waals surface area contributed by atoms with Crippen molar-refractivity contribution in [3.05, 3.63) is 35.4 Å². The van der Waals surface area contributed by atoms with Gasteiger partial charge >= 0.3 is 0 Å². The zero-order chi connectivity index (χ0) is 19.8. The van der Waals surface area contributed by atoms with Crippen LogP contribution in [0, 0.1) is 6.92 Å². The van der Waals surface area contributed by atoms with Crippen molar-refractivity contribution in [3.63, 3.8) is 0 Å². The molecule has 5 rings (SSSR count). The van der Waals surface area contributed by atoms with Gasteiger partial charge in [0, 0.05) is 18.7 Å². The molecule has 0 unspecified atom stereocenters. The van der Waals surface area contributed by atoms with Gasteiger partial charge in [0.25, 0.3) is 5.91 Å². The lowest BCUT2D eigenvalue weighted by Gasteiger charge is -2.23. The van der Waals surface area contributed by atoms with Gasteiger partial charge in [0.15, 0.2) is 5.69 Å². The molecular weight excluding hydrogens is 437 g/mol. The Morgan fingerprint density at radius 1 is 1.16 bits per heavy atom. The summed E-state index contributed by atoms with van der Waals surface area (Å²) in [6.07, 6.45) is 6.69. The molecule has 0 aliphatic carbocycles. The maximum Gasteiger partial charge on any atom is 0.278 e. The lowest BCUT2D eigenvalue weighted by atomic mass is 10.1. The Morgan fingerprint density at radius 3 is 2.77 bits per heavy atom. The number of carbonyl (C=O) groups excluding carboxylic acids is 1. The average Bonchev–Trinajstić information content (AvgIpc) is 3.20. The Labute approximate surface area is 194 Å². The molecule has 1 amide bonds. The van der Waals surface area contributed by atoms with Crippen LogP contribution in [0.2, 0.25) is 0 Å². The highest BCUT2D eigenvalue weighted by Gasteiger charge is 2.23. The number of imidazole rings is 1. The molecular formula is C21H29Cl2N7O. The Balaban J connectivity index is 0.00000136. The Morgan fingerprint density at radius 2 is 1.97 bits per heavy atom. The molecule has 2 N–H and O–H groups in total. The summed E-state index contributed by atoms with van der Waals surface area (Å²) in [5.74, 6) is 0.935. The summed E-state index contributed by atoms with van der Waals surface area (Å²) in [5, 5.41) is 14.8. The summed E-state index contributed by atoms with van der Waals surface area (Å²) in [7, 11) is 0. The summed E-state index contributed by atoms with van der Waals surface area (Å²) in [6.45, 7) is 4.89. The largest absolute Gasteiger partial charge is 0.328 e. The lowest BCUT2D eigenvalue weighted by Crippen LogP contribution is -2.30. The van der Waals surface area contributed by atoms with E-state index >= 15 is 0 Å². The van der Waals surface area contributed by atoms with Crippen molar-refractivity contribution in [3.8, 4) is 0 Å². The van der Waals surface area contributed by atoms with Gasteiger partial charge in [-0.25, -0.2) is 9.67 Å². The van der Waals surface area contributed by atoms with Gasteiger partial charge in [-0.2, -0.15) is 0 Å². The number of fused-ring (bicyclic) bond motifs is 3. The van der Waals surface area contributed by atoms with E-state index in [9.17, 15) is 4.79 Å². The first kappa shape index (κ1) is 23.5. The monoisotopic (exact) mass is 465 g/mol. The van der Waals surface area contributed by atoms with Gasteiger partial charge < -0.3 is 15.2 Å². The summed E-state index contributed by atoms with van der Waals surface area (Å²) < 4.78 is 4.23. The van der Waals surface area contributed by atoms with E-state index in [2.05, 4.69) is 31.6 Å². The SMILES string of the molecule is Cc1c(C(=O)Nc2ccc3c(c2)nc2n3CCCCC2)nnn1C1CCNCC1.Cl.Cl. The smallest absolute Gasteiger partial charge is 0.278 e. The van der Waals surface area contributed by atoms with Crippen LogP contribution in [0.5, 0.6) is 0 Å². The number of anilines is 1. The van der Waals surface area contributed by atoms with E-state index in [1.807, 2.05) is 23.7 Å². The first-order chi connectivity index (χ1) is 14.2. The molecule has 1 aromatic carbocycles. The number of aryl methyl sites for hydroxylation is 2. The van der Waals surface area contributed by atoms with Crippen LogP contribution < -0.4 is 10.6 Å². The van der Waals surface area contributed by atoms with Crippen LogP contribution in [-0.2, 0) is 13.0 Å². The van der Waals surface area contributed by atoms with Crippen LogP contribution >= 0.6 is 24.8 Å². The predicted octanol–water partition coefficient (Wildman–Crippen LogP) is 3.68. The van der Waals surface area contributed by atoms with Crippen LogP contribution in [0.4, 0.5) is 5.69 Å². The first-order valence-corrected chi connectivity index (χ1v) is 10.6. The van der Waals surface area contributed by atoms with Crippen LogP contribution in [0.15, 0.2) is 18.2 Å². The zero-order valence-electron chi connectivity index (χ0n) is 17.6.